The fourth-order valence-electron chi connectivity index (χ4n) is 6.26. The predicted molar refractivity (Wildman–Crippen MR) is 143 cm³/mol. The van der Waals surface area contributed by atoms with Gasteiger partial charge in [0.1, 0.15) is 11.5 Å². The van der Waals surface area contributed by atoms with Gasteiger partial charge in [0.25, 0.3) is 0 Å². The van der Waals surface area contributed by atoms with E-state index in [0.29, 0.717) is 11.8 Å². The first-order chi connectivity index (χ1) is 17.5. The second-order valence-electron chi connectivity index (χ2n) is 10.7. The zero-order valence-electron chi connectivity index (χ0n) is 21.1. The molecule has 2 aromatic rings. The second-order valence-corrected chi connectivity index (χ2v) is 10.7. The van der Waals surface area contributed by atoms with Crippen LogP contribution in [0.3, 0.4) is 0 Å². The highest BCUT2D eigenvalue weighted by molar-refractivity contribution is 5.87. The number of amides is 1. The zero-order chi connectivity index (χ0) is 24.9. The van der Waals surface area contributed by atoms with Crippen LogP contribution in [0.1, 0.15) is 25.0 Å². The van der Waals surface area contributed by atoms with Gasteiger partial charge in [-0.05, 0) is 54.0 Å². The summed E-state index contributed by atoms with van der Waals surface area (Å²) in [5.41, 5.74) is 3.98. The summed E-state index contributed by atoms with van der Waals surface area (Å²) in [7, 11) is 0. The quantitative estimate of drug-likeness (QED) is 0.375. The lowest BCUT2D eigenvalue weighted by molar-refractivity contribution is -0.132. The number of ether oxygens (including phenoxy) is 1. The molecule has 4 unspecified atom stereocenters. The molecule has 2 fully saturated rings. The maximum Gasteiger partial charge on any atom is 0.246 e. The lowest BCUT2D eigenvalue weighted by atomic mass is 9.94. The maximum atomic E-state index is 12.1. The van der Waals surface area contributed by atoms with E-state index in [1.807, 2.05) is 4.90 Å². The SMILES string of the molecule is C=CC(=O)N1CC(N2C=CC34C2=C(Oc2ccc(CCc5ccccc5)cc2)C(C)C=CC3C4C)C1. The Morgan fingerprint density at radius 2 is 1.72 bits per heavy atom. The van der Waals surface area contributed by atoms with Gasteiger partial charge in [-0.3, -0.25) is 4.79 Å². The number of nitrogens with zero attached hydrogens (tertiary/aromatic N) is 2. The molecule has 4 nitrogen and oxygen atoms in total. The van der Waals surface area contributed by atoms with Crippen molar-refractivity contribution >= 4 is 5.91 Å². The van der Waals surface area contributed by atoms with Gasteiger partial charge in [-0.2, -0.15) is 0 Å². The number of allylic oxidation sites excluding steroid dienone is 3. The Morgan fingerprint density at radius 1 is 1.03 bits per heavy atom. The minimum atomic E-state index is 0.00901. The topological polar surface area (TPSA) is 32.8 Å². The van der Waals surface area contributed by atoms with Crippen molar-refractivity contribution in [3.63, 3.8) is 0 Å². The van der Waals surface area contributed by atoms with Gasteiger partial charge in [-0.15, -0.1) is 0 Å². The number of rotatable bonds is 7. The Hall–Kier alpha value is -3.53. The molecule has 0 radical (unpaired) electrons. The fourth-order valence-corrected chi connectivity index (χ4v) is 6.26. The van der Waals surface area contributed by atoms with Crippen LogP contribution in [-0.2, 0) is 17.6 Å². The number of likely N-dealkylation sites (tertiary alicyclic amines) is 1. The second kappa shape index (κ2) is 8.85. The summed E-state index contributed by atoms with van der Waals surface area (Å²) >= 11 is 0. The Labute approximate surface area is 214 Å². The molecule has 2 aromatic carbocycles. The van der Waals surface area contributed by atoms with E-state index in [-0.39, 0.29) is 23.3 Å². The maximum absolute atomic E-state index is 12.1. The van der Waals surface area contributed by atoms with Crippen LogP contribution in [0.25, 0.3) is 0 Å². The van der Waals surface area contributed by atoms with E-state index in [2.05, 4.69) is 104 Å². The summed E-state index contributed by atoms with van der Waals surface area (Å²) < 4.78 is 6.71. The number of hydrogen-bond donors (Lipinski definition) is 0. The molecule has 2 aliphatic heterocycles. The molecule has 4 aliphatic rings. The molecule has 36 heavy (non-hydrogen) atoms. The molecular weight excluding hydrogens is 444 g/mol. The Bertz CT molecular complexity index is 1250. The molecule has 2 aliphatic carbocycles. The summed E-state index contributed by atoms with van der Waals surface area (Å²) in [6.07, 6.45) is 12.8. The first-order valence-corrected chi connectivity index (χ1v) is 13.1. The van der Waals surface area contributed by atoms with E-state index in [4.69, 9.17) is 4.74 Å². The summed E-state index contributed by atoms with van der Waals surface area (Å²) in [6, 6.07) is 19.5. The summed E-state index contributed by atoms with van der Waals surface area (Å²) in [5.74, 6) is 3.16. The summed E-state index contributed by atoms with van der Waals surface area (Å²) in [5, 5.41) is 0. The average Bonchev–Trinajstić information content (AvgIpc) is 3.29. The van der Waals surface area contributed by atoms with Crippen molar-refractivity contribution in [2.45, 2.75) is 32.7 Å². The van der Waals surface area contributed by atoms with Gasteiger partial charge in [-0.1, -0.05) is 81.1 Å². The van der Waals surface area contributed by atoms with Gasteiger partial charge >= 0.3 is 0 Å². The van der Waals surface area contributed by atoms with Crippen LogP contribution in [0.2, 0.25) is 0 Å². The third-order valence-corrected chi connectivity index (χ3v) is 8.61. The van der Waals surface area contributed by atoms with Crippen molar-refractivity contribution in [3.05, 3.63) is 114 Å². The fraction of sp³-hybridized carbons (Fsp3) is 0.344. The van der Waals surface area contributed by atoms with E-state index in [1.54, 1.807) is 0 Å². The molecule has 1 saturated heterocycles. The molecular formula is C32H34N2O2. The molecule has 0 N–H and O–H groups in total. The normalized spacial score (nSPS) is 28.3. The summed E-state index contributed by atoms with van der Waals surface area (Å²) in [6.45, 7) is 9.64. The van der Waals surface area contributed by atoms with Gasteiger partial charge < -0.3 is 14.5 Å². The van der Waals surface area contributed by atoms with Crippen LogP contribution in [0.15, 0.2) is 103 Å². The van der Waals surface area contributed by atoms with E-state index < -0.39 is 0 Å². The summed E-state index contributed by atoms with van der Waals surface area (Å²) in [4.78, 5) is 16.3. The molecule has 2 heterocycles. The third kappa shape index (κ3) is 3.71. The molecule has 0 bridgehead atoms. The van der Waals surface area contributed by atoms with Crippen LogP contribution in [0.5, 0.6) is 5.75 Å². The van der Waals surface area contributed by atoms with Crippen LogP contribution in [0, 0.1) is 23.2 Å². The van der Waals surface area contributed by atoms with Crippen LogP contribution in [-0.4, -0.2) is 34.8 Å². The van der Waals surface area contributed by atoms with Crippen LogP contribution >= 0.6 is 0 Å². The van der Waals surface area contributed by atoms with E-state index in [9.17, 15) is 4.79 Å². The molecule has 0 aromatic heterocycles. The molecule has 4 heteroatoms. The molecule has 4 atom stereocenters. The van der Waals surface area contributed by atoms with Crippen molar-refractivity contribution in [1.29, 1.82) is 0 Å². The highest BCUT2D eigenvalue weighted by Gasteiger charge is 2.67. The average molecular weight is 479 g/mol. The van der Waals surface area contributed by atoms with Crippen LogP contribution in [0.4, 0.5) is 0 Å². The van der Waals surface area contributed by atoms with Crippen molar-refractivity contribution in [2.75, 3.05) is 13.1 Å². The first-order valence-electron chi connectivity index (χ1n) is 13.1. The van der Waals surface area contributed by atoms with Crippen molar-refractivity contribution < 1.29 is 9.53 Å². The van der Waals surface area contributed by atoms with E-state index >= 15 is 0 Å². The smallest absolute Gasteiger partial charge is 0.246 e. The highest BCUT2D eigenvalue weighted by Crippen LogP contribution is 2.69. The molecule has 1 saturated carbocycles. The number of benzene rings is 2. The van der Waals surface area contributed by atoms with Gasteiger partial charge in [0.05, 0.1) is 11.7 Å². The largest absolute Gasteiger partial charge is 0.459 e. The lowest BCUT2D eigenvalue weighted by Gasteiger charge is -2.45. The lowest BCUT2D eigenvalue weighted by Crippen LogP contribution is -2.59. The minimum Gasteiger partial charge on any atom is -0.459 e. The molecule has 6 rings (SSSR count). The number of hydrogen-bond acceptors (Lipinski definition) is 3. The first kappa shape index (κ1) is 22.9. The molecule has 184 valence electrons. The Kier molecular flexibility index (Phi) is 5.63. The Balaban J connectivity index is 1.24. The molecule has 1 spiro atoms. The van der Waals surface area contributed by atoms with E-state index in [1.165, 1.54) is 22.9 Å². The van der Waals surface area contributed by atoms with Crippen molar-refractivity contribution in [1.82, 2.24) is 9.80 Å². The van der Waals surface area contributed by atoms with Crippen LogP contribution < -0.4 is 4.74 Å². The van der Waals surface area contributed by atoms with E-state index in [0.717, 1.165) is 37.4 Å². The van der Waals surface area contributed by atoms with Gasteiger partial charge in [-0.25, -0.2) is 0 Å². The zero-order valence-corrected chi connectivity index (χ0v) is 21.1. The standard InChI is InChI=1S/C32H34N2O2/c1-4-29(35)33-20-26(21-33)34-19-18-32-23(3)28(32)17-10-22(2)30(31(32)34)36-27-15-13-25(14-16-27)12-11-24-8-6-5-7-9-24/h4-10,13-19,22-23,26,28H,1,11-12,20-21H2,2-3H3. The van der Waals surface area contributed by atoms with Gasteiger partial charge in [0, 0.05) is 30.6 Å². The van der Waals surface area contributed by atoms with Crippen molar-refractivity contribution in [2.24, 2.45) is 23.2 Å². The number of aryl methyl sites for hydroxylation is 2. The monoisotopic (exact) mass is 478 g/mol. The number of carbonyl (C=O) groups is 1. The van der Waals surface area contributed by atoms with Crippen molar-refractivity contribution in [3.8, 4) is 5.75 Å². The number of carbonyl (C=O) groups excluding carboxylic acids is 1. The van der Waals surface area contributed by atoms with Gasteiger partial charge in [0.2, 0.25) is 5.91 Å². The van der Waals surface area contributed by atoms with Gasteiger partial charge in [0.15, 0.2) is 0 Å². The molecule has 1 amide bonds. The third-order valence-electron chi connectivity index (χ3n) is 8.61. The highest BCUT2D eigenvalue weighted by atomic mass is 16.5. The Morgan fingerprint density at radius 3 is 2.42 bits per heavy atom. The minimum absolute atomic E-state index is 0.00901. The predicted octanol–water partition coefficient (Wildman–Crippen LogP) is 5.75.